The molecule has 1 aromatic heterocycles. The van der Waals surface area contributed by atoms with E-state index in [0.29, 0.717) is 18.7 Å². The lowest BCUT2D eigenvalue weighted by atomic mass is 9.84. The molecule has 4 aromatic rings. The number of fused-ring (bicyclic) bond motifs is 3. The van der Waals surface area contributed by atoms with E-state index in [1.54, 1.807) is 0 Å². The van der Waals surface area contributed by atoms with E-state index in [2.05, 4.69) is 24.4 Å². The third-order valence-corrected chi connectivity index (χ3v) is 6.05. The van der Waals surface area contributed by atoms with Crippen LogP contribution in [0.1, 0.15) is 40.9 Å². The maximum atomic E-state index is 12.9. The van der Waals surface area contributed by atoms with E-state index < -0.39 is 0 Å². The molecule has 3 N–H and O–H groups in total. The fraction of sp³-hybridized carbons (Fsp3) is 0.179. The molecule has 1 heterocycles. The smallest absolute Gasteiger partial charge is 0.229 e. The molecule has 0 spiro atoms. The Morgan fingerprint density at radius 2 is 1.67 bits per heavy atom. The molecule has 1 amide bonds. The Hall–Kier alpha value is -3.99. The first kappa shape index (κ1) is 20.9. The second-order valence-electron chi connectivity index (χ2n) is 8.65. The van der Waals surface area contributed by atoms with E-state index in [-0.39, 0.29) is 11.8 Å². The third kappa shape index (κ3) is 4.48. The topological polar surface area (TPSA) is 80.9 Å². The number of hydrogen-bond donors (Lipinski definition) is 2. The molecule has 0 unspecified atom stereocenters. The summed E-state index contributed by atoms with van der Waals surface area (Å²) in [5, 5.41) is 3.05. The fourth-order valence-corrected chi connectivity index (χ4v) is 4.44. The molecule has 0 saturated heterocycles. The van der Waals surface area contributed by atoms with Crippen LogP contribution >= 0.6 is 0 Å². The summed E-state index contributed by atoms with van der Waals surface area (Å²) in [6.07, 6.45) is 1.72. The average Bonchev–Trinajstić information content (AvgIpc) is 2.81. The number of hydrogen-bond acceptors (Lipinski definition) is 4. The van der Waals surface area contributed by atoms with Crippen molar-refractivity contribution in [1.29, 1.82) is 0 Å². The van der Waals surface area contributed by atoms with Gasteiger partial charge in [-0.1, -0.05) is 73.7 Å². The molecule has 0 aliphatic heterocycles. The van der Waals surface area contributed by atoms with Gasteiger partial charge in [0.1, 0.15) is 0 Å². The number of amides is 1. The summed E-state index contributed by atoms with van der Waals surface area (Å²) in [6, 6.07) is 25.8. The molecule has 5 heteroatoms. The summed E-state index contributed by atoms with van der Waals surface area (Å²) in [7, 11) is 0. The molecule has 0 radical (unpaired) electrons. The Balaban J connectivity index is 1.55. The molecule has 1 atom stereocenters. The summed E-state index contributed by atoms with van der Waals surface area (Å²) < 4.78 is 0. The molecule has 5 nitrogen and oxygen atoms in total. The van der Waals surface area contributed by atoms with Crippen molar-refractivity contribution in [2.45, 2.75) is 32.1 Å². The highest BCUT2D eigenvalue weighted by Gasteiger charge is 2.27. The van der Waals surface area contributed by atoms with Gasteiger partial charge in [0.2, 0.25) is 5.91 Å². The predicted octanol–water partition coefficient (Wildman–Crippen LogP) is 5.16. The van der Waals surface area contributed by atoms with Gasteiger partial charge in [-0.2, -0.15) is 0 Å². The van der Waals surface area contributed by atoms with Crippen LogP contribution in [0.3, 0.4) is 0 Å². The van der Waals surface area contributed by atoms with E-state index in [9.17, 15) is 4.79 Å². The molecule has 1 aliphatic rings. The van der Waals surface area contributed by atoms with Crippen molar-refractivity contribution in [2.75, 3.05) is 11.1 Å². The Morgan fingerprint density at radius 3 is 2.39 bits per heavy atom. The fourth-order valence-electron chi connectivity index (χ4n) is 4.44. The normalized spacial score (nSPS) is 14.3. The van der Waals surface area contributed by atoms with Crippen LogP contribution in [-0.2, 0) is 24.1 Å². The van der Waals surface area contributed by atoms with Gasteiger partial charge >= 0.3 is 0 Å². The minimum atomic E-state index is -0.0959. The zero-order valence-electron chi connectivity index (χ0n) is 18.6. The molecule has 5 rings (SSSR count). The number of rotatable bonds is 5. The van der Waals surface area contributed by atoms with Gasteiger partial charge in [-0.05, 0) is 35.2 Å². The molecular formula is C28H26N4O. The van der Waals surface area contributed by atoms with Gasteiger partial charge in [0.25, 0.3) is 0 Å². The maximum Gasteiger partial charge on any atom is 0.229 e. The Labute approximate surface area is 193 Å². The van der Waals surface area contributed by atoms with Gasteiger partial charge in [-0.25, -0.2) is 9.97 Å². The minimum Gasteiger partial charge on any atom is -0.399 e. The highest BCUT2D eigenvalue weighted by atomic mass is 16.1. The third-order valence-electron chi connectivity index (χ3n) is 6.05. The molecule has 0 saturated carbocycles. The zero-order chi connectivity index (χ0) is 22.8. The van der Waals surface area contributed by atoms with Crippen molar-refractivity contribution in [3.63, 3.8) is 0 Å². The summed E-state index contributed by atoms with van der Waals surface area (Å²) in [5.74, 6) is 0.628. The maximum absolute atomic E-state index is 12.9. The Bertz CT molecular complexity index is 1300. The monoisotopic (exact) mass is 434 g/mol. The molecule has 33 heavy (non-hydrogen) atoms. The van der Waals surface area contributed by atoms with E-state index in [1.807, 2.05) is 66.7 Å². The lowest BCUT2D eigenvalue weighted by Crippen LogP contribution is -2.21. The zero-order valence-corrected chi connectivity index (χ0v) is 18.6. The van der Waals surface area contributed by atoms with E-state index in [0.717, 1.165) is 45.9 Å². The quantitative estimate of drug-likeness (QED) is 0.425. The van der Waals surface area contributed by atoms with Gasteiger partial charge in [0, 0.05) is 23.6 Å². The van der Waals surface area contributed by atoms with Crippen molar-refractivity contribution in [2.24, 2.45) is 0 Å². The van der Waals surface area contributed by atoms with Crippen molar-refractivity contribution >= 4 is 17.4 Å². The van der Waals surface area contributed by atoms with Crippen molar-refractivity contribution in [3.05, 3.63) is 107 Å². The van der Waals surface area contributed by atoms with Gasteiger partial charge in [-0.15, -0.1) is 0 Å². The number of carbonyl (C=O) groups is 1. The van der Waals surface area contributed by atoms with Crippen LogP contribution in [0.15, 0.2) is 78.9 Å². The number of carbonyl (C=O) groups excluding carboxylic acids is 1. The summed E-state index contributed by atoms with van der Waals surface area (Å²) >= 11 is 0. The van der Waals surface area contributed by atoms with Crippen LogP contribution in [0, 0.1) is 0 Å². The van der Waals surface area contributed by atoms with Crippen molar-refractivity contribution in [1.82, 2.24) is 9.97 Å². The molecule has 0 fully saturated rings. The summed E-state index contributed by atoms with van der Waals surface area (Å²) in [6.45, 7) is 2.14. The van der Waals surface area contributed by atoms with E-state index >= 15 is 0 Å². The number of aromatic nitrogens is 2. The van der Waals surface area contributed by atoms with Crippen LogP contribution in [0.5, 0.6) is 0 Å². The van der Waals surface area contributed by atoms with Crippen LogP contribution in [0.25, 0.3) is 11.3 Å². The lowest BCUT2D eigenvalue weighted by Gasteiger charge is -2.25. The molecule has 164 valence electrons. The van der Waals surface area contributed by atoms with E-state index in [1.165, 1.54) is 5.56 Å². The highest BCUT2D eigenvalue weighted by Crippen LogP contribution is 2.39. The number of nitrogens with one attached hydrogen (secondary N) is 1. The molecule has 1 aliphatic carbocycles. The average molecular weight is 435 g/mol. The first-order chi connectivity index (χ1) is 16.1. The second kappa shape index (κ2) is 8.87. The Morgan fingerprint density at radius 1 is 0.970 bits per heavy atom. The number of nitrogen functional groups attached to an aromatic ring is 1. The number of nitrogens with two attached hydrogens (primary N) is 1. The van der Waals surface area contributed by atoms with Gasteiger partial charge in [0.15, 0.2) is 5.82 Å². The van der Waals surface area contributed by atoms with Gasteiger partial charge in [-0.3, -0.25) is 4.79 Å². The van der Waals surface area contributed by atoms with Crippen molar-refractivity contribution < 1.29 is 4.79 Å². The SMILES string of the molecule is C[C@H]1Cc2cc(N)ccc2-c2nc(Cc3ccccc3)c(NC(=O)Cc3ccccc3)nc21. The predicted molar refractivity (Wildman–Crippen MR) is 132 cm³/mol. The van der Waals surface area contributed by atoms with Crippen LogP contribution < -0.4 is 11.1 Å². The van der Waals surface area contributed by atoms with E-state index in [4.69, 9.17) is 15.7 Å². The first-order valence-corrected chi connectivity index (χ1v) is 11.2. The summed E-state index contributed by atoms with van der Waals surface area (Å²) in [4.78, 5) is 22.9. The van der Waals surface area contributed by atoms with Crippen LogP contribution in [0.4, 0.5) is 11.5 Å². The number of nitrogens with zero attached hydrogens (tertiary/aromatic N) is 2. The molecular weight excluding hydrogens is 408 g/mol. The molecule has 3 aromatic carbocycles. The molecule has 0 bridgehead atoms. The number of anilines is 2. The largest absolute Gasteiger partial charge is 0.399 e. The van der Waals surface area contributed by atoms with Crippen LogP contribution in [0.2, 0.25) is 0 Å². The first-order valence-electron chi connectivity index (χ1n) is 11.2. The second-order valence-corrected chi connectivity index (χ2v) is 8.65. The Kier molecular flexibility index (Phi) is 5.61. The van der Waals surface area contributed by atoms with Crippen molar-refractivity contribution in [3.8, 4) is 11.3 Å². The van der Waals surface area contributed by atoms with Crippen LogP contribution in [-0.4, -0.2) is 15.9 Å². The van der Waals surface area contributed by atoms with Gasteiger partial charge in [0.05, 0.1) is 23.5 Å². The van der Waals surface area contributed by atoms with Gasteiger partial charge < -0.3 is 11.1 Å². The minimum absolute atomic E-state index is 0.0959. The number of benzene rings is 3. The lowest BCUT2D eigenvalue weighted by molar-refractivity contribution is -0.115. The summed E-state index contributed by atoms with van der Waals surface area (Å²) in [5.41, 5.74) is 13.7. The standard InChI is InChI=1S/C28H26N4O/c1-18-14-21-17-22(29)12-13-23(21)27-26(18)32-28(24(30-27)15-19-8-4-2-5-9-19)31-25(33)16-20-10-6-3-7-11-20/h2-13,17-18H,14-16,29H2,1H3,(H,31,32,33)/t18-/m0/s1. The highest BCUT2D eigenvalue weighted by molar-refractivity contribution is 5.92.